The Bertz CT molecular complexity index is 583. The van der Waals surface area contributed by atoms with E-state index in [2.05, 4.69) is 0 Å². The van der Waals surface area contributed by atoms with Gasteiger partial charge < -0.3 is 9.84 Å². The molecule has 0 atom stereocenters. The fraction of sp³-hybridized carbons (Fsp3) is 0. The largest absolute Gasteiger partial charge is 0.508 e. The van der Waals surface area contributed by atoms with Crippen molar-refractivity contribution in [1.29, 1.82) is 0 Å². The van der Waals surface area contributed by atoms with E-state index in [9.17, 15) is 10.1 Å². The van der Waals surface area contributed by atoms with Crippen LogP contribution in [0, 0.1) is 13.7 Å². The highest BCUT2D eigenvalue weighted by atomic mass is 127. The van der Waals surface area contributed by atoms with E-state index in [1.54, 1.807) is 12.1 Å². The molecule has 0 aliphatic heterocycles. The van der Waals surface area contributed by atoms with Crippen molar-refractivity contribution in [3.63, 3.8) is 0 Å². The number of halogens is 1. The van der Waals surface area contributed by atoms with Crippen LogP contribution >= 0.6 is 22.6 Å². The number of nitro benzene ring substituents is 1. The number of hydrogen-bond donors (Lipinski definition) is 1. The van der Waals surface area contributed by atoms with E-state index in [4.69, 9.17) is 9.84 Å². The van der Waals surface area contributed by atoms with Gasteiger partial charge in [0.15, 0.2) is 0 Å². The average Bonchev–Trinajstić information content (AvgIpc) is 2.34. The van der Waals surface area contributed by atoms with E-state index in [1.165, 1.54) is 30.3 Å². The molecule has 18 heavy (non-hydrogen) atoms. The van der Waals surface area contributed by atoms with Crippen molar-refractivity contribution in [3.8, 4) is 17.2 Å². The number of hydrogen-bond acceptors (Lipinski definition) is 4. The molecule has 1 N–H and O–H groups in total. The number of phenols is 1. The van der Waals surface area contributed by atoms with Gasteiger partial charge in [0.25, 0.3) is 0 Å². The van der Waals surface area contributed by atoms with Crippen LogP contribution in [-0.2, 0) is 0 Å². The first-order chi connectivity index (χ1) is 8.56. The summed E-state index contributed by atoms with van der Waals surface area (Å²) in [6, 6.07) is 10.7. The van der Waals surface area contributed by atoms with Crippen LogP contribution in [0.2, 0.25) is 0 Å². The van der Waals surface area contributed by atoms with Gasteiger partial charge in [-0.05, 0) is 59.0 Å². The number of benzene rings is 2. The summed E-state index contributed by atoms with van der Waals surface area (Å²) in [6.07, 6.45) is 0. The zero-order valence-electron chi connectivity index (χ0n) is 9.04. The van der Waals surface area contributed by atoms with Crippen molar-refractivity contribution in [2.75, 3.05) is 0 Å². The van der Waals surface area contributed by atoms with E-state index in [-0.39, 0.29) is 17.2 Å². The summed E-state index contributed by atoms with van der Waals surface area (Å²) in [7, 11) is 0. The third kappa shape index (κ3) is 2.89. The molecule has 0 aliphatic carbocycles. The van der Waals surface area contributed by atoms with Crippen LogP contribution < -0.4 is 4.74 Å². The maximum atomic E-state index is 10.9. The number of rotatable bonds is 3. The van der Waals surface area contributed by atoms with Gasteiger partial charge in [0.1, 0.15) is 11.5 Å². The number of nitro groups is 1. The van der Waals surface area contributed by atoms with Crippen LogP contribution in [0.15, 0.2) is 42.5 Å². The molecule has 0 bridgehead atoms. The Morgan fingerprint density at radius 1 is 1.17 bits per heavy atom. The Hall–Kier alpha value is -1.83. The molecule has 0 saturated carbocycles. The van der Waals surface area contributed by atoms with Crippen LogP contribution in [0.3, 0.4) is 0 Å². The molecule has 0 aromatic heterocycles. The molecule has 92 valence electrons. The highest BCUT2D eigenvalue weighted by molar-refractivity contribution is 14.1. The second-order valence-electron chi connectivity index (χ2n) is 3.47. The number of aromatic hydroxyl groups is 1. The molecule has 0 heterocycles. The molecular weight excluding hydrogens is 349 g/mol. The van der Waals surface area contributed by atoms with Crippen molar-refractivity contribution in [2.45, 2.75) is 0 Å². The molecular formula is C12H8INO4. The van der Waals surface area contributed by atoms with Gasteiger partial charge in [-0.15, -0.1) is 0 Å². The molecule has 2 aromatic carbocycles. The molecule has 0 saturated heterocycles. The molecule has 6 heteroatoms. The minimum atomic E-state index is -0.488. The molecule has 2 aromatic rings. The normalized spacial score (nSPS) is 10.1. The summed E-state index contributed by atoms with van der Waals surface area (Å²) in [6.45, 7) is 0. The van der Waals surface area contributed by atoms with Crippen molar-refractivity contribution in [3.05, 3.63) is 56.1 Å². The molecule has 2 rings (SSSR count). The fourth-order valence-corrected chi connectivity index (χ4v) is 1.84. The smallest absolute Gasteiger partial charge is 0.312 e. The van der Waals surface area contributed by atoms with E-state index in [0.29, 0.717) is 5.75 Å². The maximum absolute atomic E-state index is 10.9. The lowest BCUT2D eigenvalue weighted by Crippen LogP contribution is -1.93. The van der Waals surface area contributed by atoms with E-state index in [0.717, 1.165) is 3.57 Å². The van der Waals surface area contributed by atoms with Crippen LogP contribution in [0.25, 0.3) is 0 Å². The highest BCUT2D eigenvalue weighted by Crippen LogP contribution is 2.32. The number of nitrogens with zero attached hydrogens (tertiary/aromatic N) is 1. The van der Waals surface area contributed by atoms with Crippen molar-refractivity contribution < 1.29 is 14.8 Å². The zero-order valence-corrected chi connectivity index (χ0v) is 11.2. The molecule has 0 spiro atoms. The first kappa shape index (κ1) is 12.6. The second kappa shape index (κ2) is 5.21. The fourth-order valence-electron chi connectivity index (χ4n) is 1.36. The van der Waals surface area contributed by atoms with Gasteiger partial charge in [0, 0.05) is 9.64 Å². The lowest BCUT2D eigenvalue weighted by molar-refractivity contribution is -0.385. The summed E-state index contributed by atoms with van der Waals surface area (Å²) >= 11 is 2.00. The minimum absolute atomic E-state index is 0.0880. The Morgan fingerprint density at radius 3 is 2.44 bits per heavy atom. The zero-order chi connectivity index (χ0) is 13.1. The van der Waals surface area contributed by atoms with Gasteiger partial charge in [-0.25, -0.2) is 0 Å². The Kier molecular flexibility index (Phi) is 3.66. The quantitative estimate of drug-likeness (QED) is 0.517. The predicted molar refractivity (Wildman–Crippen MR) is 74.0 cm³/mol. The van der Waals surface area contributed by atoms with Gasteiger partial charge in [-0.2, -0.15) is 0 Å². The second-order valence-corrected chi connectivity index (χ2v) is 4.71. The lowest BCUT2D eigenvalue weighted by atomic mass is 10.3. The maximum Gasteiger partial charge on any atom is 0.312 e. The van der Waals surface area contributed by atoms with Gasteiger partial charge in [0.05, 0.1) is 4.92 Å². The monoisotopic (exact) mass is 357 g/mol. The first-order valence-corrected chi connectivity index (χ1v) is 6.05. The van der Waals surface area contributed by atoms with E-state index < -0.39 is 4.92 Å². The highest BCUT2D eigenvalue weighted by Gasteiger charge is 2.16. The van der Waals surface area contributed by atoms with Crippen molar-refractivity contribution in [2.24, 2.45) is 0 Å². The van der Waals surface area contributed by atoms with Gasteiger partial charge in [-0.1, -0.05) is 0 Å². The van der Waals surface area contributed by atoms with Crippen molar-refractivity contribution in [1.82, 2.24) is 0 Å². The summed E-state index contributed by atoms with van der Waals surface area (Å²) in [5.74, 6) is 0.711. The first-order valence-electron chi connectivity index (χ1n) is 4.97. The molecule has 0 aliphatic rings. The Morgan fingerprint density at radius 2 is 1.83 bits per heavy atom. The van der Waals surface area contributed by atoms with Gasteiger partial charge in [-0.3, -0.25) is 10.1 Å². The summed E-state index contributed by atoms with van der Waals surface area (Å²) in [5.41, 5.74) is -0.0880. The van der Waals surface area contributed by atoms with Crippen LogP contribution in [0.4, 0.5) is 5.69 Å². The van der Waals surface area contributed by atoms with Gasteiger partial charge >= 0.3 is 5.69 Å². The third-order valence-electron chi connectivity index (χ3n) is 2.18. The molecule has 0 unspecified atom stereocenters. The summed E-state index contributed by atoms with van der Waals surface area (Å²) in [5, 5.41) is 20.0. The minimum Gasteiger partial charge on any atom is -0.508 e. The SMILES string of the molecule is O=[N+]([O-])c1cc(I)ccc1Oc1ccc(O)cc1. The van der Waals surface area contributed by atoms with Crippen molar-refractivity contribution >= 4 is 28.3 Å². The van der Waals surface area contributed by atoms with Gasteiger partial charge in [0.2, 0.25) is 5.75 Å². The Balaban J connectivity index is 2.34. The molecule has 0 amide bonds. The number of ether oxygens (including phenoxy) is 1. The summed E-state index contributed by atoms with van der Waals surface area (Å²) in [4.78, 5) is 10.4. The summed E-state index contributed by atoms with van der Waals surface area (Å²) < 4.78 is 6.19. The van der Waals surface area contributed by atoms with E-state index in [1.807, 2.05) is 22.6 Å². The molecule has 5 nitrogen and oxygen atoms in total. The van der Waals surface area contributed by atoms with Crippen LogP contribution in [0.1, 0.15) is 0 Å². The van der Waals surface area contributed by atoms with Crippen LogP contribution in [-0.4, -0.2) is 10.0 Å². The Labute approximate surface area is 116 Å². The predicted octanol–water partition coefficient (Wildman–Crippen LogP) is 3.70. The number of phenolic OH excluding ortho intramolecular Hbond substituents is 1. The molecule has 0 radical (unpaired) electrons. The molecule has 0 fully saturated rings. The standard InChI is InChI=1S/C12H8INO4/c13-8-1-6-12(11(7-8)14(16)17)18-10-4-2-9(15)3-5-10/h1-7,15H. The lowest BCUT2D eigenvalue weighted by Gasteiger charge is -2.06. The van der Waals surface area contributed by atoms with Crippen LogP contribution in [0.5, 0.6) is 17.2 Å². The third-order valence-corrected chi connectivity index (χ3v) is 2.85. The topological polar surface area (TPSA) is 72.6 Å². The average molecular weight is 357 g/mol. The van der Waals surface area contributed by atoms with E-state index >= 15 is 0 Å².